The molecule has 1 saturated heterocycles. The molecule has 6 rings (SSSR count). The van der Waals surface area contributed by atoms with Crippen molar-refractivity contribution in [2.45, 2.75) is 19.3 Å². The molecule has 1 N–H and O–H groups in total. The number of nitrogens with zero attached hydrogens (tertiary/aromatic N) is 4. The van der Waals surface area contributed by atoms with Gasteiger partial charge in [-0.05, 0) is 50.2 Å². The van der Waals surface area contributed by atoms with Gasteiger partial charge in [-0.15, -0.1) is 0 Å². The number of likely N-dealkylation sites (tertiary alicyclic amines) is 1. The van der Waals surface area contributed by atoms with Gasteiger partial charge in [0.05, 0.1) is 11.4 Å². The largest absolute Gasteiger partial charge is 0.492 e. The molecule has 39 heavy (non-hydrogen) atoms. The molecule has 0 saturated carbocycles. The van der Waals surface area contributed by atoms with Crippen molar-refractivity contribution in [3.8, 4) is 27.6 Å². The second-order valence-electron chi connectivity index (χ2n) is 9.54. The van der Waals surface area contributed by atoms with Gasteiger partial charge in [-0.3, -0.25) is 9.69 Å². The number of para-hydroxylation sites is 1. The first-order chi connectivity index (χ1) is 19.2. The smallest absolute Gasteiger partial charge is 0.274 e. The van der Waals surface area contributed by atoms with E-state index in [0.717, 1.165) is 46.1 Å². The van der Waals surface area contributed by atoms with Gasteiger partial charge in [0.15, 0.2) is 0 Å². The van der Waals surface area contributed by atoms with E-state index in [1.165, 1.54) is 30.6 Å². The van der Waals surface area contributed by atoms with Crippen LogP contribution >= 0.6 is 11.3 Å². The quantitative estimate of drug-likeness (QED) is 0.243. The Kier molecular flexibility index (Phi) is 7.56. The highest BCUT2D eigenvalue weighted by Gasteiger charge is 2.17. The molecule has 0 atom stereocenters. The molecule has 0 bridgehead atoms. The average molecular weight is 536 g/mol. The summed E-state index contributed by atoms with van der Waals surface area (Å²) < 4.78 is 6.16. The van der Waals surface area contributed by atoms with Crippen molar-refractivity contribution in [3.05, 3.63) is 90.8 Å². The molecule has 1 aliphatic rings. The minimum absolute atomic E-state index is 0.296. The number of carbonyl (C=O) groups is 1. The predicted molar refractivity (Wildman–Crippen MR) is 156 cm³/mol. The number of ether oxygens (including phenoxy) is 1. The molecular formula is C31H29N5O2S. The van der Waals surface area contributed by atoms with E-state index in [1.54, 1.807) is 12.3 Å². The van der Waals surface area contributed by atoms with E-state index < -0.39 is 0 Å². The fourth-order valence-electron chi connectivity index (χ4n) is 4.79. The molecule has 3 aromatic heterocycles. The lowest BCUT2D eigenvalue weighted by molar-refractivity contribution is 0.102. The van der Waals surface area contributed by atoms with E-state index in [4.69, 9.17) is 14.7 Å². The molecule has 0 spiro atoms. The van der Waals surface area contributed by atoms with Gasteiger partial charge in [0.25, 0.3) is 5.91 Å². The molecule has 8 heteroatoms. The van der Waals surface area contributed by atoms with Gasteiger partial charge < -0.3 is 10.1 Å². The number of pyridine rings is 2. The fourth-order valence-corrected chi connectivity index (χ4v) is 5.73. The predicted octanol–water partition coefficient (Wildman–Crippen LogP) is 6.54. The number of aromatic nitrogens is 3. The van der Waals surface area contributed by atoms with Crippen molar-refractivity contribution >= 4 is 33.3 Å². The Hall–Kier alpha value is -4.14. The van der Waals surface area contributed by atoms with Crippen LogP contribution < -0.4 is 10.1 Å². The van der Waals surface area contributed by atoms with Gasteiger partial charge in [0.2, 0.25) is 0 Å². The Morgan fingerprint density at radius 3 is 2.59 bits per heavy atom. The van der Waals surface area contributed by atoms with Crippen molar-refractivity contribution in [3.63, 3.8) is 0 Å². The molecular weight excluding hydrogens is 506 g/mol. The van der Waals surface area contributed by atoms with Gasteiger partial charge in [0.1, 0.15) is 33.4 Å². The third-order valence-corrected chi connectivity index (χ3v) is 7.81. The number of benzene rings is 2. The lowest BCUT2D eigenvalue weighted by atomic mass is 10.1. The highest BCUT2D eigenvalue weighted by molar-refractivity contribution is 7.21. The number of hydrogen-bond donors (Lipinski definition) is 1. The molecule has 0 aliphatic carbocycles. The Balaban J connectivity index is 1.26. The van der Waals surface area contributed by atoms with E-state index >= 15 is 0 Å². The third kappa shape index (κ3) is 5.97. The standard InChI is InChI=1S/C31H29N5O2S/c37-29(34-25-13-6-5-12-24(25)30-35-26-14-9-15-32-31(26)39-30)28-21-23(38-19-18-36-16-7-2-8-17-36)20-27(33-28)22-10-3-1-4-11-22/h1,3-6,9-15,20-21H,2,7-8,16-19H2,(H,34,37). The van der Waals surface area contributed by atoms with Crippen LogP contribution in [0.1, 0.15) is 29.8 Å². The number of hydrogen-bond acceptors (Lipinski definition) is 7. The number of nitrogens with one attached hydrogen (secondary N) is 1. The zero-order valence-electron chi connectivity index (χ0n) is 21.5. The van der Waals surface area contributed by atoms with Crippen LogP contribution in [0, 0.1) is 0 Å². The summed E-state index contributed by atoms with van der Waals surface area (Å²) in [5.74, 6) is 0.330. The van der Waals surface area contributed by atoms with Crippen molar-refractivity contribution in [2.24, 2.45) is 0 Å². The maximum Gasteiger partial charge on any atom is 0.274 e. The van der Waals surface area contributed by atoms with Gasteiger partial charge >= 0.3 is 0 Å². The number of anilines is 1. The van der Waals surface area contributed by atoms with E-state index in [1.807, 2.05) is 72.8 Å². The second-order valence-corrected chi connectivity index (χ2v) is 10.5. The SMILES string of the molecule is O=C(Nc1ccccc1-c1nc2cccnc2s1)c1cc(OCCN2CCCCC2)cc(-c2ccccc2)n1. The molecule has 5 aromatic rings. The summed E-state index contributed by atoms with van der Waals surface area (Å²) in [6.07, 6.45) is 5.55. The highest BCUT2D eigenvalue weighted by Crippen LogP contribution is 2.34. The first kappa shape index (κ1) is 25.2. The van der Waals surface area contributed by atoms with Crippen molar-refractivity contribution < 1.29 is 9.53 Å². The number of carbonyl (C=O) groups excluding carboxylic acids is 1. The lowest BCUT2D eigenvalue weighted by Crippen LogP contribution is -2.33. The number of thiazole rings is 1. The number of amides is 1. The molecule has 2 aromatic carbocycles. The van der Waals surface area contributed by atoms with E-state index in [-0.39, 0.29) is 5.91 Å². The summed E-state index contributed by atoms with van der Waals surface area (Å²) in [4.78, 5) is 30.7. The molecule has 1 aliphatic heterocycles. The average Bonchev–Trinajstić information content (AvgIpc) is 3.43. The van der Waals surface area contributed by atoms with Gasteiger partial charge in [0, 0.05) is 36.0 Å². The lowest BCUT2D eigenvalue weighted by Gasteiger charge is -2.26. The van der Waals surface area contributed by atoms with E-state index in [9.17, 15) is 4.79 Å². The minimum atomic E-state index is -0.305. The maximum atomic E-state index is 13.6. The zero-order valence-corrected chi connectivity index (χ0v) is 22.4. The van der Waals surface area contributed by atoms with Crippen LogP contribution in [0.5, 0.6) is 5.75 Å². The number of fused-ring (bicyclic) bond motifs is 1. The van der Waals surface area contributed by atoms with Gasteiger partial charge in [-0.25, -0.2) is 15.0 Å². The summed E-state index contributed by atoms with van der Waals surface area (Å²) in [5.41, 5.74) is 4.26. The Labute approximate surface area is 231 Å². The summed E-state index contributed by atoms with van der Waals surface area (Å²) >= 11 is 1.50. The minimum Gasteiger partial charge on any atom is -0.492 e. The molecule has 7 nitrogen and oxygen atoms in total. The van der Waals surface area contributed by atoms with Crippen molar-refractivity contribution in [1.29, 1.82) is 0 Å². The Bertz CT molecular complexity index is 1550. The summed E-state index contributed by atoms with van der Waals surface area (Å²) in [7, 11) is 0. The molecule has 0 radical (unpaired) electrons. The molecule has 1 amide bonds. The fraction of sp³-hybridized carbons (Fsp3) is 0.226. The Morgan fingerprint density at radius 1 is 0.923 bits per heavy atom. The second kappa shape index (κ2) is 11.7. The van der Waals surface area contributed by atoms with Crippen LogP contribution in [0.15, 0.2) is 85.1 Å². The van der Waals surface area contributed by atoms with Gasteiger partial charge in [-0.1, -0.05) is 60.2 Å². The van der Waals surface area contributed by atoms with Crippen molar-refractivity contribution in [2.75, 3.05) is 31.6 Å². The van der Waals surface area contributed by atoms with Crippen LogP contribution in [0.3, 0.4) is 0 Å². The van der Waals surface area contributed by atoms with Gasteiger partial charge in [-0.2, -0.15) is 0 Å². The zero-order chi connectivity index (χ0) is 26.4. The Morgan fingerprint density at radius 2 is 1.74 bits per heavy atom. The molecule has 0 unspecified atom stereocenters. The molecule has 1 fully saturated rings. The first-order valence-electron chi connectivity index (χ1n) is 13.3. The highest BCUT2D eigenvalue weighted by atomic mass is 32.1. The van der Waals surface area contributed by atoms with Crippen LogP contribution in [-0.4, -0.2) is 52.0 Å². The number of piperidine rings is 1. The van der Waals surface area contributed by atoms with Crippen LogP contribution in [0.4, 0.5) is 5.69 Å². The normalized spacial score (nSPS) is 13.8. The summed E-state index contributed by atoms with van der Waals surface area (Å²) in [5, 5.41) is 3.86. The van der Waals surface area contributed by atoms with E-state index in [2.05, 4.69) is 15.2 Å². The van der Waals surface area contributed by atoms with Crippen molar-refractivity contribution in [1.82, 2.24) is 19.9 Å². The van der Waals surface area contributed by atoms with Crippen LogP contribution in [0.25, 0.3) is 32.2 Å². The van der Waals surface area contributed by atoms with Crippen LogP contribution in [0.2, 0.25) is 0 Å². The summed E-state index contributed by atoms with van der Waals surface area (Å²) in [6.45, 7) is 3.67. The maximum absolute atomic E-state index is 13.6. The third-order valence-electron chi connectivity index (χ3n) is 6.80. The van der Waals surface area contributed by atoms with E-state index in [0.29, 0.717) is 29.4 Å². The number of rotatable bonds is 8. The van der Waals surface area contributed by atoms with Crippen LogP contribution in [-0.2, 0) is 0 Å². The summed E-state index contributed by atoms with van der Waals surface area (Å²) in [6, 6.07) is 25.0. The first-order valence-corrected chi connectivity index (χ1v) is 14.1. The monoisotopic (exact) mass is 535 g/mol. The molecule has 196 valence electrons. The molecule has 4 heterocycles. The topological polar surface area (TPSA) is 80.2 Å².